The predicted octanol–water partition coefficient (Wildman–Crippen LogP) is 3.63. The number of carbonyl (C=O) groups is 1. The Morgan fingerprint density at radius 2 is 1.92 bits per heavy atom. The Bertz CT molecular complexity index is 998. The summed E-state index contributed by atoms with van der Waals surface area (Å²) in [6.45, 7) is -0.457. The standard InChI is InChI=1S/C17H11Cl2NO4/c18-9-5-6-10(12(19)7-9)16-17(23-8-14(20)21)15(22)11-3-1-2-4-13(11)24-16/h1-7H,8H2,(H2,20,21). The molecule has 0 aliphatic rings. The Kier molecular flexibility index (Phi) is 4.46. The number of para-hydroxylation sites is 1. The van der Waals surface area contributed by atoms with Gasteiger partial charge >= 0.3 is 0 Å². The van der Waals surface area contributed by atoms with Gasteiger partial charge in [-0.2, -0.15) is 0 Å². The molecule has 0 saturated carbocycles. The van der Waals surface area contributed by atoms with Gasteiger partial charge in [-0.15, -0.1) is 0 Å². The molecule has 0 unspecified atom stereocenters. The van der Waals surface area contributed by atoms with Crippen LogP contribution in [0.4, 0.5) is 0 Å². The monoisotopic (exact) mass is 363 g/mol. The fourth-order valence-corrected chi connectivity index (χ4v) is 2.74. The van der Waals surface area contributed by atoms with E-state index in [1.807, 2.05) is 0 Å². The van der Waals surface area contributed by atoms with Crippen molar-refractivity contribution in [2.75, 3.05) is 6.61 Å². The van der Waals surface area contributed by atoms with Crippen molar-refractivity contribution in [2.24, 2.45) is 5.73 Å². The highest BCUT2D eigenvalue weighted by Gasteiger charge is 2.20. The summed E-state index contributed by atoms with van der Waals surface area (Å²) in [5.74, 6) is -0.728. The summed E-state index contributed by atoms with van der Waals surface area (Å²) in [4.78, 5) is 23.7. The van der Waals surface area contributed by atoms with Crippen LogP contribution in [0, 0.1) is 0 Å². The van der Waals surface area contributed by atoms with Crippen molar-refractivity contribution in [1.29, 1.82) is 0 Å². The molecule has 2 aromatic carbocycles. The number of amides is 1. The lowest BCUT2D eigenvalue weighted by molar-refractivity contribution is -0.119. The van der Waals surface area contributed by atoms with Crippen molar-refractivity contribution in [3.63, 3.8) is 0 Å². The van der Waals surface area contributed by atoms with Gasteiger partial charge < -0.3 is 14.9 Å². The Morgan fingerprint density at radius 3 is 2.62 bits per heavy atom. The summed E-state index contributed by atoms with van der Waals surface area (Å²) in [7, 11) is 0. The third-order valence-corrected chi connectivity index (χ3v) is 3.84. The van der Waals surface area contributed by atoms with Crippen molar-refractivity contribution in [3.8, 4) is 17.1 Å². The second kappa shape index (κ2) is 6.55. The molecule has 0 spiro atoms. The van der Waals surface area contributed by atoms with Crippen molar-refractivity contribution < 1.29 is 13.9 Å². The van der Waals surface area contributed by atoms with Crippen molar-refractivity contribution in [2.45, 2.75) is 0 Å². The number of carbonyl (C=O) groups excluding carboxylic acids is 1. The molecule has 7 heteroatoms. The van der Waals surface area contributed by atoms with Crippen LogP contribution in [-0.4, -0.2) is 12.5 Å². The van der Waals surface area contributed by atoms with E-state index >= 15 is 0 Å². The van der Waals surface area contributed by atoms with Crippen LogP contribution in [0.3, 0.4) is 0 Å². The van der Waals surface area contributed by atoms with E-state index in [0.717, 1.165) is 0 Å². The summed E-state index contributed by atoms with van der Waals surface area (Å²) in [6, 6.07) is 11.4. The van der Waals surface area contributed by atoms with Gasteiger partial charge in [-0.05, 0) is 30.3 Å². The molecule has 3 aromatic rings. The third-order valence-electron chi connectivity index (χ3n) is 3.29. The predicted molar refractivity (Wildman–Crippen MR) is 92.6 cm³/mol. The van der Waals surface area contributed by atoms with Crippen LogP contribution in [0.5, 0.6) is 5.75 Å². The molecule has 3 rings (SSSR count). The molecule has 1 aromatic heterocycles. The normalized spacial score (nSPS) is 10.8. The molecule has 0 atom stereocenters. The van der Waals surface area contributed by atoms with E-state index < -0.39 is 17.9 Å². The van der Waals surface area contributed by atoms with Gasteiger partial charge in [0.2, 0.25) is 11.2 Å². The topological polar surface area (TPSA) is 82.5 Å². The van der Waals surface area contributed by atoms with Crippen LogP contribution in [0.1, 0.15) is 0 Å². The first-order valence-corrected chi connectivity index (χ1v) is 7.65. The van der Waals surface area contributed by atoms with Crippen molar-refractivity contribution in [1.82, 2.24) is 0 Å². The summed E-state index contributed by atoms with van der Waals surface area (Å²) < 4.78 is 11.1. The van der Waals surface area contributed by atoms with Crippen LogP contribution in [0.2, 0.25) is 10.0 Å². The Morgan fingerprint density at radius 1 is 1.17 bits per heavy atom. The quantitative estimate of drug-likeness (QED) is 0.766. The fourth-order valence-electron chi connectivity index (χ4n) is 2.25. The summed E-state index contributed by atoms with van der Waals surface area (Å²) in [6.07, 6.45) is 0. The number of benzene rings is 2. The molecule has 0 aliphatic heterocycles. The van der Waals surface area contributed by atoms with Gasteiger partial charge in [0.1, 0.15) is 5.58 Å². The van der Waals surface area contributed by atoms with E-state index in [9.17, 15) is 9.59 Å². The van der Waals surface area contributed by atoms with E-state index in [1.54, 1.807) is 36.4 Å². The molecular weight excluding hydrogens is 353 g/mol. The highest BCUT2D eigenvalue weighted by molar-refractivity contribution is 6.36. The van der Waals surface area contributed by atoms with Crippen LogP contribution >= 0.6 is 23.2 Å². The van der Waals surface area contributed by atoms with Gasteiger partial charge in [0.05, 0.1) is 10.4 Å². The molecule has 122 valence electrons. The number of fused-ring (bicyclic) bond motifs is 1. The molecule has 1 heterocycles. The first-order valence-electron chi connectivity index (χ1n) is 6.89. The smallest absolute Gasteiger partial charge is 0.255 e. The maximum Gasteiger partial charge on any atom is 0.255 e. The lowest BCUT2D eigenvalue weighted by Gasteiger charge is -2.11. The van der Waals surface area contributed by atoms with Gasteiger partial charge in [-0.1, -0.05) is 35.3 Å². The molecule has 0 saturated heterocycles. The van der Waals surface area contributed by atoms with Crippen molar-refractivity contribution in [3.05, 3.63) is 62.7 Å². The average molecular weight is 364 g/mol. The van der Waals surface area contributed by atoms with Crippen LogP contribution < -0.4 is 15.9 Å². The molecule has 0 aliphatic carbocycles. The number of hydrogen-bond donors (Lipinski definition) is 1. The zero-order valence-corrected chi connectivity index (χ0v) is 13.7. The van der Waals surface area contributed by atoms with Gasteiger partial charge in [-0.25, -0.2) is 0 Å². The van der Waals surface area contributed by atoms with Crippen molar-refractivity contribution >= 4 is 40.1 Å². The zero-order chi connectivity index (χ0) is 17.3. The molecule has 5 nitrogen and oxygen atoms in total. The van der Waals surface area contributed by atoms with E-state index in [-0.39, 0.29) is 16.5 Å². The third kappa shape index (κ3) is 3.09. The minimum Gasteiger partial charge on any atom is -0.476 e. The Balaban J connectivity index is 2.29. The van der Waals surface area contributed by atoms with Gasteiger partial charge in [-0.3, -0.25) is 9.59 Å². The minimum absolute atomic E-state index is 0.113. The number of rotatable bonds is 4. The van der Waals surface area contributed by atoms with Crippen LogP contribution in [0.15, 0.2) is 51.7 Å². The second-order valence-corrected chi connectivity index (χ2v) is 5.81. The first-order chi connectivity index (χ1) is 11.5. The fraction of sp³-hybridized carbons (Fsp3) is 0.0588. The number of hydrogen-bond acceptors (Lipinski definition) is 4. The molecule has 0 fully saturated rings. The molecular formula is C17H11Cl2NO4. The second-order valence-electron chi connectivity index (χ2n) is 4.96. The SMILES string of the molecule is NC(=O)COc1c(-c2ccc(Cl)cc2Cl)oc2ccccc2c1=O. The molecule has 0 bridgehead atoms. The largest absolute Gasteiger partial charge is 0.476 e. The lowest BCUT2D eigenvalue weighted by Crippen LogP contribution is -2.22. The summed E-state index contributed by atoms with van der Waals surface area (Å²) in [5, 5.41) is 1.04. The minimum atomic E-state index is -0.712. The lowest BCUT2D eigenvalue weighted by atomic mass is 10.1. The average Bonchev–Trinajstić information content (AvgIpc) is 2.54. The number of primary amides is 1. The highest BCUT2D eigenvalue weighted by atomic mass is 35.5. The Labute approximate surface area is 146 Å². The molecule has 24 heavy (non-hydrogen) atoms. The van der Waals surface area contributed by atoms with E-state index in [2.05, 4.69) is 0 Å². The summed E-state index contributed by atoms with van der Waals surface area (Å²) >= 11 is 12.1. The van der Waals surface area contributed by atoms with Gasteiger partial charge in [0, 0.05) is 10.6 Å². The van der Waals surface area contributed by atoms with Gasteiger partial charge in [0.15, 0.2) is 12.4 Å². The summed E-state index contributed by atoms with van der Waals surface area (Å²) in [5.41, 5.74) is 5.47. The van der Waals surface area contributed by atoms with Gasteiger partial charge in [0.25, 0.3) is 5.91 Å². The maximum absolute atomic E-state index is 12.7. The number of ether oxygens (including phenoxy) is 1. The van der Waals surface area contributed by atoms with Crippen LogP contribution in [0.25, 0.3) is 22.3 Å². The molecule has 0 radical (unpaired) electrons. The molecule has 2 N–H and O–H groups in total. The van der Waals surface area contributed by atoms with Crippen LogP contribution in [-0.2, 0) is 4.79 Å². The zero-order valence-electron chi connectivity index (χ0n) is 12.2. The van der Waals surface area contributed by atoms with E-state index in [4.69, 9.17) is 38.1 Å². The Hall–Kier alpha value is -2.50. The van der Waals surface area contributed by atoms with E-state index in [1.165, 1.54) is 6.07 Å². The van der Waals surface area contributed by atoms with E-state index in [0.29, 0.717) is 21.6 Å². The first kappa shape index (κ1) is 16.4. The highest BCUT2D eigenvalue weighted by Crippen LogP contribution is 2.36. The maximum atomic E-state index is 12.7. The number of nitrogens with two attached hydrogens (primary N) is 1. The molecule has 1 amide bonds. The number of halogens is 2.